The Kier molecular flexibility index (Phi) is 7.74. The first-order valence-electron chi connectivity index (χ1n) is 11.3. The molecule has 3 rings (SSSR count). The fraction of sp³-hybridized carbons (Fsp3) is 0.423. The molecule has 1 aliphatic carbocycles. The number of benzene rings is 2. The number of likely N-dealkylation sites (N-methyl/N-ethyl adjacent to an activating group) is 1. The van der Waals surface area contributed by atoms with Crippen LogP contribution in [0, 0.1) is 11.8 Å². The third-order valence-corrected chi connectivity index (χ3v) is 6.44. The van der Waals surface area contributed by atoms with Gasteiger partial charge >= 0.3 is 12.1 Å². The van der Waals surface area contributed by atoms with Crippen LogP contribution in [0.25, 0.3) is 11.1 Å². The highest BCUT2D eigenvalue weighted by atomic mass is 16.5. The number of carbonyl (C=O) groups is 3. The van der Waals surface area contributed by atoms with E-state index < -0.39 is 24.0 Å². The fourth-order valence-corrected chi connectivity index (χ4v) is 4.27. The Morgan fingerprint density at radius 2 is 1.58 bits per heavy atom. The summed E-state index contributed by atoms with van der Waals surface area (Å²) in [5, 5.41) is 11.9. The minimum absolute atomic E-state index is 0.0630. The van der Waals surface area contributed by atoms with E-state index in [-0.39, 0.29) is 30.9 Å². The van der Waals surface area contributed by atoms with E-state index in [9.17, 15) is 14.4 Å². The van der Waals surface area contributed by atoms with Gasteiger partial charge in [0.15, 0.2) is 0 Å². The van der Waals surface area contributed by atoms with Crippen LogP contribution in [0.5, 0.6) is 0 Å². The van der Waals surface area contributed by atoms with Crippen molar-refractivity contribution in [3.05, 3.63) is 59.7 Å². The number of alkyl carbamates (subject to hydrolysis) is 1. The van der Waals surface area contributed by atoms with Gasteiger partial charge in [0.1, 0.15) is 12.6 Å². The number of hydrogen-bond acceptors (Lipinski definition) is 4. The van der Waals surface area contributed by atoms with Crippen molar-refractivity contribution >= 4 is 18.0 Å². The number of carbonyl (C=O) groups excluding carboxylic acids is 2. The molecule has 0 radical (unpaired) electrons. The van der Waals surface area contributed by atoms with Crippen LogP contribution in [0.3, 0.4) is 0 Å². The van der Waals surface area contributed by atoms with Crippen molar-refractivity contribution in [3.8, 4) is 11.1 Å². The zero-order valence-corrected chi connectivity index (χ0v) is 19.6. The van der Waals surface area contributed by atoms with E-state index in [1.165, 1.54) is 4.90 Å². The smallest absolute Gasteiger partial charge is 0.407 e. The monoisotopic (exact) mass is 452 g/mol. The fourth-order valence-electron chi connectivity index (χ4n) is 4.27. The summed E-state index contributed by atoms with van der Waals surface area (Å²) in [4.78, 5) is 38.2. The highest BCUT2D eigenvalue weighted by Crippen LogP contribution is 2.44. The lowest BCUT2D eigenvalue weighted by atomic mass is 9.97. The van der Waals surface area contributed by atoms with E-state index in [2.05, 4.69) is 17.4 Å². The molecule has 0 bridgehead atoms. The number of aliphatic carboxylic acids is 1. The third kappa shape index (κ3) is 5.35. The molecule has 7 nitrogen and oxygen atoms in total. The largest absolute Gasteiger partial charge is 0.481 e. The minimum atomic E-state index is -0.973. The molecule has 2 N–H and O–H groups in total. The normalized spacial score (nSPS) is 15.0. The Bertz CT molecular complexity index is 976. The standard InChI is InChI=1S/C26H32N2O5/c1-5-16(2)23(24(29)28(4)14-17(3)25(30)31)27-26(32)33-15-22-20-12-8-6-10-18(20)19-11-7-9-13-21(19)22/h6-13,16-17,22-23H,5,14-15H2,1-4H3,(H,27,32)(H,30,31). The molecule has 176 valence electrons. The van der Waals surface area contributed by atoms with Gasteiger partial charge < -0.3 is 20.1 Å². The second-order valence-corrected chi connectivity index (χ2v) is 8.79. The van der Waals surface area contributed by atoms with E-state index in [4.69, 9.17) is 9.84 Å². The lowest BCUT2D eigenvalue weighted by Gasteiger charge is -2.29. The Morgan fingerprint density at radius 1 is 1.03 bits per heavy atom. The van der Waals surface area contributed by atoms with Crippen molar-refractivity contribution in [1.29, 1.82) is 0 Å². The summed E-state index contributed by atoms with van der Waals surface area (Å²) in [6.07, 6.45) is 0.0118. The van der Waals surface area contributed by atoms with Gasteiger partial charge in [0.25, 0.3) is 0 Å². The molecule has 2 amide bonds. The molecular weight excluding hydrogens is 420 g/mol. The van der Waals surface area contributed by atoms with Gasteiger partial charge in [0, 0.05) is 19.5 Å². The molecule has 33 heavy (non-hydrogen) atoms. The molecule has 3 unspecified atom stereocenters. The van der Waals surface area contributed by atoms with Crippen molar-refractivity contribution in [2.45, 2.75) is 39.2 Å². The van der Waals surface area contributed by atoms with Crippen molar-refractivity contribution in [2.75, 3.05) is 20.2 Å². The van der Waals surface area contributed by atoms with Crippen LogP contribution < -0.4 is 5.32 Å². The molecule has 0 spiro atoms. The van der Waals surface area contributed by atoms with E-state index in [1.54, 1.807) is 14.0 Å². The topological polar surface area (TPSA) is 95.9 Å². The summed E-state index contributed by atoms with van der Waals surface area (Å²) >= 11 is 0. The second-order valence-electron chi connectivity index (χ2n) is 8.79. The average Bonchev–Trinajstić information content (AvgIpc) is 3.13. The lowest BCUT2D eigenvalue weighted by Crippen LogP contribution is -2.52. The summed E-state index contributed by atoms with van der Waals surface area (Å²) in [6.45, 7) is 5.58. The number of nitrogens with one attached hydrogen (secondary N) is 1. The van der Waals surface area contributed by atoms with Gasteiger partial charge in [0.2, 0.25) is 5.91 Å². The quantitative estimate of drug-likeness (QED) is 0.597. The first-order chi connectivity index (χ1) is 15.7. The number of amides is 2. The maximum Gasteiger partial charge on any atom is 0.407 e. The highest BCUT2D eigenvalue weighted by Gasteiger charge is 2.32. The van der Waals surface area contributed by atoms with Gasteiger partial charge in [-0.05, 0) is 28.2 Å². The molecule has 1 aliphatic rings. The van der Waals surface area contributed by atoms with Gasteiger partial charge in [-0.15, -0.1) is 0 Å². The number of hydrogen-bond donors (Lipinski definition) is 2. The van der Waals surface area contributed by atoms with Crippen molar-refractivity contribution in [2.24, 2.45) is 11.8 Å². The van der Waals surface area contributed by atoms with Crippen LogP contribution in [0.2, 0.25) is 0 Å². The van der Waals surface area contributed by atoms with Crippen molar-refractivity contribution in [1.82, 2.24) is 10.2 Å². The van der Waals surface area contributed by atoms with E-state index in [0.717, 1.165) is 22.3 Å². The number of ether oxygens (including phenoxy) is 1. The molecule has 0 saturated carbocycles. The van der Waals surface area contributed by atoms with E-state index in [0.29, 0.717) is 6.42 Å². The molecular formula is C26H32N2O5. The number of carboxylic acids is 1. The summed E-state index contributed by atoms with van der Waals surface area (Å²) in [7, 11) is 1.55. The zero-order valence-electron chi connectivity index (χ0n) is 19.6. The first-order valence-corrected chi connectivity index (χ1v) is 11.3. The molecule has 0 fully saturated rings. The van der Waals surface area contributed by atoms with Gasteiger partial charge in [0.05, 0.1) is 5.92 Å². The van der Waals surface area contributed by atoms with Crippen LogP contribution in [-0.4, -0.2) is 54.2 Å². The maximum atomic E-state index is 13.0. The number of nitrogens with zero attached hydrogens (tertiary/aromatic N) is 1. The molecule has 0 aromatic heterocycles. The number of carboxylic acid groups (broad SMARTS) is 1. The van der Waals surface area contributed by atoms with Crippen LogP contribution >= 0.6 is 0 Å². The molecule has 7 heteroatoms. The molecule has 2 aromatic carbocycles. The van der Waals surface area contributed by atoms with Gasteiger partial charge in [-0.2, -0.15) is 0 Å². The molecule has 0 heterocycles. The summed E-state index contributed by atoms with van der Waals surface area (Å²) in [5.74, 6) is -2.21. The summed E-state index contributed by atoms with van der Waals surface area (Å²) in [5.41, 5.74) is 4.51. The van der Waals surface area contributed by atoms with Crippen LogP contribution in [0.15, 0.2) is 48.5 Å². The predicted octanol–water partition coefficient (Wildman–Crippen LogP) is 4.12. The van der Waals surface area contributed by atoms with E-state index >= 15 is 0 Å². The van der Waals surface area contributed by atoms with Gasteiger partial charge in [-0.1, -0.05) is 75.7 Å². The first kappa shape index (κ1) is 24.3. The summed E-state index contributed by atoms with van der Waals surface area (Å²) < 4.78 is 5.60. The number of rotatable bonds is 9. The lowest BCUT2D eigenvalue weighted by molar-refractivity contribution is -0.143. The van der Waals surface area contributed by atoms with Crippen molar-refractivity contribution in [3.63, 3.8) is 0 Å². The van der Waals surface area contributed by atoms with Crippen LogP contribution in [0.4, 0.5) is 4.79 Å². The molecule has 0 saturated heterocycles. The Morgan fingerprint density at radius 3 is 2.09 bits per heavy atom. The minimum Gasteiger partial charge on any atom is -0.481 e. The number of fused-ring (bicyclic) bond motifs is 3. The Hall–Kier alpha value is -3.35. The van der Waals surface area contributed by atoms with Gasteiger partial charge in [-0.3, -0.25) is 9.59 Å². The zero-order chi connectivity index (χ0) is 24.1. The molecule has 0 aliphatic heterocycles. The Balaban J connectivity index is 1.68. The summed E-state index contributed by atoms with van der Waals surface area (Å²) in [6, 6.07) is 15.4. The van der Waals surface area contributed by atoms with Crippen LogP contribution in [0.1, 0.15) is 44.2 Å². The Labute approximate surface area is 194 Å². The molecule has 3 atom stereocenters. The van der Waals surface area contributed by atoms with Gasteiger partial charge in [-0.25, -0.2) is 4.79 Å². The highest BCUT2D eigenvalue weighted by molar-refractivity contribution is 5.86. The SMILES string of the molecule is CCC(C)C(NC(=O)OCC1c2ccccc2-c2ccccc21)C(=O)N(C)CC(C)C(=O)O. The van der Waals surface area contributed by atoms with E-state index in [1.807, 2.05) is 50.2 Å². The predicted molar refractivity (Wildman–Crippen MR) is 126 cm³/mol. The molecule has 2 aromatic rings. The maximum absolute atomic E-state index is 13.0. The average molecular weight is 453 g/mol. The third-order valence-electron chi connectivity index (χ3n) is 6.44. The second kappa shape index (κ2) is 10.5. The van der Waals surface area contributed by atoms with Crippen molar-refractivity contribution < 1.29 is 24.2 Å². The van der Waals surface area contributed by atoms with Crippen LogP contribution in [-0.2, 0) is 14.3 Å².